The van der Waals surface area contributed by atoms with Crippen molar-refractivity contribution in [2.45, 2.75) is 39.7 Å². The Balaban J connectivity index is 1.86. The van der Waals surface area contributed by atoms with Crippen molar-refractivity contribution in [3.8, 4) is 5.75 Å². The number of hydrogen-bond donors (Lipinski definition) is 1. The molecule has 0 saturated heterocycles. The molecule has 0 aliphatic carbocycles. The Morgan fingerprint density at radius 2 is 1.95 bits per heavy atom. The predicted octanol–water partition coefficient (Wildman–Crippen LogP) is 3.22. The van der Waals surface area contributed by atoms with Gasteiger partial charge in [-0.2, -0.15) is 5.10 Å². The summed E-state index contributed by atoms with van der Waals surface area (Å²) in [5.74, 6) is 0.491. The molecule has 0 bridgehead atoms. The highest BCUT2D eigenvalue weighted by Crippen LogP contribution is 2.16. The fourth-order valence-corrected chi connectivity index (χ4v) is 1.92. The fourth-order valence-electron chi connectivity index (χ4n) is 1.92. The van der Waals surface area contributed by atoms with Crippen molar-refractivity contribution in [1.29, 1.82) is 0 Å². The Bertz CT molecular complexity index is 624. The third kappa shape index (κ3) is 4.35. The monoisotopic (exact) mass is 301 g/mol. The third-order valence-electron chi connectivity index (χ3n) is 3.26. The molecule has 1 N–H and O–H groups in total. The summed E-state index contributed by atoms with van der Waals surface area (Å²) >= 11 is 0. The molecule has 5 heteroatoms. The van der Waals surface area contributed by atoms with E-state index in [9.17, 15) is 4.79 Å². The molecular formula is C17H23N3O2. The Kier molecular flexibility index (Phi) is 4.85. The van der Waals surface area contributed by atoms with Crippen molar-refractivity contribution in [3.63, 3.8) is 0 Å². The van der Waals surface area contributed by atoms with Crippen LogP contribution >= 0.6 is 0 Å². The smallest absolute Gasteiger partial charge is 0.262 e. The lowest BCUT2D eigenvalue weighted by Gasteiger charge is -2.18. The van der Waals surface area contributed by atoms with E-state index in [1.54, 1.807) is 6.20 Å². The zero-order chi connectivity index (χ0) is 16.2. The van der Waals surface area contributed by atoms with Gasteiger partial charge in [0.1, 0.15) is 5.75 Å². The van der Waals surface area contributed by atoms with E-state index in [4.69, 9.17) is 4.74 Å². The maximum absolute atomic E-state index is 11.9. The zero-order valence-corrected chi connectivity index (χ0v) is 13.6. The summed E-state index contributed by atoms with van der Waals surface area (Å²) in [6.45, 7) is 8.23. The van der Waals surface area contributed by atoms with Crippen molar-refractivity contribution in [2.75, 3.05) is 11.9 Å². The van der Waals surface area contributed by atoms with Gasteiger partial charge in [-0.3, -0.25) is 9.48 Å². The average Bonchev–Trinajstić information content (AvgIpc) is 2.94. The van der Waals surface area contributed by atoms with E-state index in [2.05, 4.69) is 38.1 Å². The van der Waals surface area contributed by atoms with Crippen LogP contribution in [0.15, 0.2) is 36.7 Å². The number of nitrogens with one attached hydrogen (secondary N) is 1. The number of hydrogen-bond acceptors (Lipinski definition) is 3. The maximum Gasteiger partial charge on any atom is 0.262 e. The van der Waals surface area contributed by atoms with E-state index in [1.165, 1.54) is 5.56 Å². The number of carbonyl (C=O) groups is 1. The maximum atomic E-state index is 11.9. The van der Waals surface area contributed by atoms with Crippen LogP contribution in [0.25, 0.3) is 0 Å². The van der Waals surface area contributed by atoms with Crippen LogP contribution in [0, 0.1) is 0 Å². The number of anilines is 1. The molecule has 1 aromatic carbocycles. The first-order valence-corrected chi connectivity index (χ1v) is 7.45. The lowest BCUT2D eigenvalue weighted by atomic mass is 10.1. The number of benzene rings is 1. The molecule has 0 spiro atoms. The molecule has 2 aromatic rings. The van der Waals surface area contributed by atoms with Gasteiger partial charge in [-0.15, -0.1) is 0 Å². The van der Waals surface area contributed by atoms with Crippen LogP contribution in [0.2, 0.25) is 0 Å². The third-order valence-corrected chi connectivity index (χ3v) is 3.26. The van der Waals surface area contributed by atoms with Gasteiger partial charge in [0.05, 0.1) is 17.4 Å². The first-order valence-electron chi connectivity index (χ1n) is 7.45. The highest BCUT2D eigenvalue weighted by atomic mass is 16.5. The molecule has 0 fully saturated rings. The van der Waals surface area contributed by atoms with Crippen LogP contribution < -0.4 is 10.1 Å². The molecule has 0 saturated carbocycles. The Labute approximate surface area is 131 Å². The van der Waals surface area contributed by atoms with Crippen LogP contribution in [-0.2, 0) is 16.8 Å². The number of amides is 1. The quantitative estimate of drug-likeness (QED) is 0.922. The Morgan fingerprint density at radius 3 is 2.50 bits per heavy atom. The molecule has 5 nitrogen and oxygen atoms in total. The molecule has 1 amide bonds. The molecule has 0 atom stereocenters. The Morgan fingerprint density at radius 1 is 1.27 bits per heavy atom. The van der Waals surface area contributed by atoms with Gasteiger partial charge in [-0.05, 0) is 44.9 Å². The first-order chi connectivity index (χ1) is 10.4. The summed E-state index contributed by atoms with van der Waals surface area (Å²) < 4.78 is 7.29. The topological polar surface area (TPSA) is 56.1 Å². The van der Waals surface area contributed by atoms with E-state index in [0.29, 0.717) is 11.4 Å². The lowest BCUT2D eigenvalue weighted by molar-refractivity contribution is -0.118. The van der Waals surface area contributed by atoms with Gasteiger partial charge in [-0.1, -0.05) is 19.1 Å². The molecule has 118 valence electrons. The molecule has 1 heterocycles. The summed E-state index contributed by atoms with van der Waals surface area (Å²) in [6, 6.07) is 7.76. The van der Waals surface area contributed by atoms with Crippen molar-refractivity contribution >= 4 is 11.6 Å². The van der Waals surface area contributed by atoms with E-state index in [1.807, 2.05) is 35.1 Å². The second-order valence-corrected chi connectivity index (χ2v) is 6.18. The summed E-state index contributed by atoms with van der Waals surface area (Å²) in [4.78, 5) is 11.9. The number of nitrogens with zero attached hydrogens (tertiary/aromatic N) is 2. The van der Waals surface area contributed by atoms with E-state index in [-0.39, 0.29) is 18.1 Å². The second kappa shape index (κ2) is 6.64. The molecule has 0 unspecified atom stereocenters. The summed E-state index contributed by atoms with van der Waals surface area (Å²) in [5, 5.41) is 7.02. The first kappa shape index (κ1) is 16.1. The normalized spacial score (nSPS) is 11.3. The minimum absolute atomic E-state index is 0.0217. The number of carbonyl (C=O) groups excluding carboxylic acids is 1. The van der Waals surface area contributed by atoms with Crippen LogP contribution in [0.4, 0.5) is 5.69 Å². The van der Waals surface area contributed by atoms with Gasteiger partial charge in [0, 0.05) is 6.20 Å². The average molecular weight is 301 g/mol. The van der Waals surface area contributed by atoms with Gasteiger partial charge in [0.15, 0.2) is 6.61 Å². The van der Waals surface area contributed by atoms with Crippen LogP contribution in [-0.4, -0.2) is 22.3 Å². The summed E-state index contributed by atoms with van der Waals surface area (Å²) in [5.41, 5.74) is 1.80. The van der Waals surface area contributed by atoms with Crippen LogP contribution in [0.5, 0.6) is 5.75 Å². The summed E-state index contributed by atoms with van der Waals surface area (Å²) in [6.07, 6.45) is 4.44. The van der Waals surface area contributed by atoms with Gasteiger partial charge in [-0.25, -0.2) is 0 Å². The van der Waals surface area contributed by atoms with Gasteiger partial charge < -0.3 is 10.1 Å². The van der Waals surface area contributed by atoms with E-state index < -0.39 is 0 Å². The Hall–Kier alpha value is -2.30. The molecular weight excluding hydrogens is 278 g/mol. The van der Waals surface area contributed by atoms with Crippen LogP contribution in [0.1, 0.15) is 33.3 Å². The molecule has 0 radical (unpaired) electrons. The molecule has 1 aromatic heterocycles. The predicted molar refractivity (Wildman–Crippen MR) is 87.2 cm³/mol. The van der Waals surface area contributed by atoms with Crippen molar-refractivity contribution in [2.24, 2.45) is 0 Å². The zero-order valence-electron chi connectivity index (χ0n) is 13.6. The SMILES string of the molecule is CCc1ccc(OCC(=O)Nc2cnn(C(C)(C)C)c2)cc1. The van der Waals surface area contributed by atoms with Crippen molar-refractivity contribution in [3.05, 3.63) is 42.2 Å². The van der Waals surface area contributed by atoms with Crippen LogP contribution in [0.3, 0.4) is 0 Å². The number of aromatic nitrogens is 2. The van der Waals surface area contributed by atoms with E-state index >= 15 is 0 Å². The molecule has 0 aliphatic rings. The van der Waals surface area contributed by atoms with Gasteiger partial charge >= 0.3 is 0 Å². The van der Waals surface area contributed by atoms with E-state index in [0.717, 1.165) is 6.42 Å². The molecule has 0 aliphatic heterocycles. The van der Waals surface area contributed by atoms with Crippen molar-refractivity contribution in [1.82, 2.24) is 9.78 Å². The highest BCUT2D eigenvalue weighted by molar-refractivity contribution is 5.91. The standard InChI is InChI=1S/C17H23N3O2/c1-5-13-6-8-15(9-7-13)22-12-16(21)19-14-10-18-20(11-14)17(2,3)4/h6-11H,5,12H2,1-4H3,(H,19,21). The lowest BCUT2D eigenvalue weighted by Crippen LogP contribution is -2.22. The second-order valence-electron chi connectivity index (χ2n) is 6.18. The summed E-state index contributed by atoms with van der Waals surface area (Å²) in [7, 11) is 0. The number of aryl methyl sites for hydroxylation is 1. The molecule has 22 heavy (non-hydrogen) atoms. The largest absolute Gasteiger partial charge is 0.484 e. The molecule has 2 rings (SSSR count). The fraction of sp³-hybridized carbons (Fsp3) is 0.412. The minimum atomic E-state index is -0.201. The van der Waals surface area contributed by atoms with Gasteiger partial charge in [0.25, 0.3) is 5.91 Å². The number of ether oxygens (including phenoxy) is 1. The van der Waals surface area contributed by atoms with Gasteiger partial charge in [0.2, 0.25) is 0 Å². The minimum Gasteiger partial charge on any atom is -0.484 e. The van der Waals surface area contributed by atoms with Crippen molar-refractivity contribution < 1.29 is 9.53 Å². The number of rotatable bonds is 5. The highest BCUT2D eigenvalue weighted by Gasteiger charge is 2.14.